The van der Waals surface area contributed by atoms with Gasteiger partial charge in [-0.15, -0.1) is 0 Å². The summed E-state index contributed by atoms with van der Waals surface area (Å²) in [5.41, 5.74) is 0.903. The van der Waals surface area contributed by atoms with Crippen molar-refractivity contribution in [3.05, 3.63) is 35.9 Å². The molecule has 1 saturated heterocycles. The number of amides is 2. The third-order valence-electron chi connectivity index (χ3n) is 5.97. The Morgan fingerprint density at radius 2 is 1.85 bits per heavy atom. The number of aliphatic hydroxyl groups excluding tert-OH is 1. The average molecular weight is 360 g/mol. The van der Waals surface area contributed by atoms with E-state index in [1.807, 2.05) is 30.3 Å². The third kappa shape index (κ3) is 5.21. The fourth-order valence-corrected chi connectivity index (χ4v) is 4.22. The highest BCUT2D eigenvalue weighted by Crippen LogP contribution is 2.26. The van der Waals surface area contributed by atoms with Crippen molar-refractivity contribution in [1.29, 1.82) is 0 Å². The number of nitrogens with zero attached hydrogens (tertiary/aromatic N) is 2. The van der Waals surface area contributed by atoms with Crippen LogP contribution in [0.1, 0.15) is 56.6 Å². The Morgan fingerprint density at radius 3 is 2.50 bits per heavy atom. The molecule has 0 aromatic heterocycles. The number of nitrogens with one attached hydrogen (secondary N) is 1. The molecule has 26 heavy (non-hydrogen) atoms. The van der Waals surface area contributed by atoms with E-state index in [0.29, 0.717) is 13.0 Å². The SMILES string of the molecule is CN(CCC(O)c1ccccc1)C(=O)NC1CCN(C2CCCC2)CC1. The number of urea groups is 1. The zero-order valence-corrected chi connectivity index (χ0v) is 15.9. The molecule has 5 heteroatoms. The fraction of sp³-hybridized carbons (Fsp3) is 0.667. The van der Waals surface area contributed by atoms with E-state index in [1.54, 1.807) is 11.9 Å². The first-order chi connectivity index (χ1) is 12.6. The summed E-state index contributed by atoms with van der Waals surface area (Å²) < 4.78 is 0. The van der Waals surface area contributed by atoms with Crippen LogP contribution in [0.5, 0.6) is 0 Å². The maximum absolute atomic E-state index is 12.4. The molecule has 0 bridgehead atoms. The summed E-state index contributed by atoms with van der Waals surface area (Å²) in [5, 5.41) is 13.4. The monoisotopic (exact) mass is 359 g/mol. The highest BCUT2D eigenvalue weighted by molar-refractivity contribution is 5.74. The van der Waals surface area contributed by atoms with Crippen LogP contribution >= 0.6 is 0 Å². The van der Waals surface area contributed by atoms with Crippen molar-refractivity contribution < 1.29 is 9.90 Å². The molecule has 5 nitrogen and oxygen atoms in total. The van der Waals surface area contributed by atoms with Gasteiger partial charge in [-0.3, -0.25) is 0 Å². The van der Waals surface area contributed by atoms with E-state index in [9.17, 15) is 9.90 Å². The molecule has 1 heterocycles. The van der Waals surface area contributed by atoms with Gasteiger partial charge in [0.15, 0.2) is 0 Å². The number of hydrogen-bond acceptors (Lipinski definition) is 3. The van der Waals surface area contributed by atoms with Crippen molar-refractivity contribution in [2.75, 3.05) is 26.7 Å². The second kappa shape index (κ2) is 9.38. The molecule has 1 aromatic rings. The van der Waals surface area contributed by atoms with Crippen LogP contribution in [0.15, 0.2) is 30.3 Å². The van der Waals surface area contributed by atoms with E-state index < -0.39 is 6.10 Å². The van der Waals surface area contributed by atoms with E-state index in [0.717, 1.165) is 37.5 Å². The van der Waals surface area contributed by atoms with Gasteiger partial charge in [-0.1, -0.05) is 43.2 Å². The smallest absolute Gasteiger partial charge is 0.317 e. The van der Waals surface area contributed by atoms with Gasteiger partial charge >= 0.3 is 6.03 Å². The zero-order valence-electron chi connectivity index (χ0n) is 15.9. The quantitative estimate of drug-likeness (QED) is 0.820. The molecule has 2 fully saturated rings. The van der Waals surface area contributed by atoms with Crippen molar-refractivity contribution in [1.82, 2.24) is 15.1 Å². The Balaban J connectivity index is 1.36. The number of rotatable bonds is 6. The first-order valence-electron chi connectivity index (χ1n) is 10.1. The minimum absolute atomic E-state index is 0.0235. The van der Waals surface area contributed by atoms with E-state index in [4.69, 9.17) is 0 Å². The number of piperidine rings is 1. The number of benzene rings is 1. The molecule has 0 spiro atoms. The molecule has 1 saturated carbocycles. The Hall–Kier alpha value is -1.59. The van der Waals surface area contributed by atoms with Gasteiger partial charge in [-0.25, -0.2) is 4.79 Å². The van der Waals surface area contributed by atoms with E-state index >= 15 is 0 Å². The van der Waals surface area contributed by atoms with Crippen molar-refractivity contribution in [3.63, 3.8) is 0 Å². The van der Waals surface area contributed by atoms with Crippen LogP contribution in [0.25, 0.3) is 0 Å². The minimum atomic E-state index is -0.527. The molecular formula is C21H33N3O2. The first kappa shape index (κ1) is 19.2. The summed E-state index contributed by atoms with van der Waals surface area (Å²) in [4.78, 5) is 16.7. The predicted molar refractivity (Wildman–Crippen MR) is 104 cm³/mol. The highest BCUT2D eigenvalue weighted by atomic mass is 16.3. The number of carbonyl (C=O) groups is 1. The lowest BCUT2D eigenvalue weighted by molar-refractivity contribution is 0.135. The maximum Gasteiger partial charge on any atom is 0.317 e. The molecular weight excluding hydrogens is 326 g/mol. The topological polar surface area (TPSA) is 55.8 Å². The second-order valence-electron chi connectivity index (χ2n) is 7.83. The van der Waals surface area contributed by atoms with Crippen LogP contribution < -0.4 is 5.32 Å². The van der Waals surface area contributed by atoms with Crippen LogP contribution in [0.3, 0.4) is 0 Å². The summed E-state index contributed by atoms with van der Waals surface area (Å²) >= 11 is 0. The second-order valence-corrected chi connectivity index (χ2v) is 7.83. The van der Waals surface area contributed by atoms with Crippen LogP contribution in [0, 0.1) is 0 Å². The number of hydrogen-bond donors (Lipinski definition) is 2. The van der Waals surface area contributed by atoms with Crippen molar-refractivity contribution >= 4 is 6.03 Å². The van der Waals surface area contributed by atoms with Gasteiger partial charge in [0.05, 0.1) is 6.10 Å². The van der Waals surface area contributed by atoms with Crippen LogP contribution in [0.2, 0.25) is 0 Å². The van der Waals surface area contributed by atoms with Crippen LogP contribution in [0.4, 0.5) is 4.79 Å². The predicted octanol–water partition coefficient (Wildman–Crippen LogP) is 3.16. The van der Waals surface area contributed by atoms with E-state index in [-0.39, 0.29) is 12.1 Å². The van der Waals surface area contributed by atoms with Gasteiger partial charge in [-0.2, -0.15) is 0 Å². The minimum Gasteiger partial charge on any atom is -0.388 e. The molecule has 1 atom stereocenters. The van der Waals surface area contributed by atoms with Crippen molar-refractivity contribution in [3.8, 4) is 0 Å². The van der Waals surface area contributed by atoms with Gasteiger partial charge in [-0.05, 0) is 37.7 Å². The lowest BCUT2D eigenvalue weighted by atomic mass is 10.0. The van der Waals surface area contributed by atoms with Crippen molar-refractivity contribution in [2.24, 2.45) is 0 Å². The molecule has 1 aliphatic heterocycles. The summed E-state index contributed by atoms with van der Waals surface area (Å²) in [6, 6.07) is 10.7. The standard InChI is InChI=1S/C21H33N3O2/c1-23(14-13-20(25)17-7-3-2-4-8-17)21(26)22-18-11-15-24(16-12-18)19-9-5-6-10-19/h2-4,7-8,18-20,25H,5-6,9-16H2,1H3,(H,22,26). The van der Waals surface area contributed by atoms with Gasteiger partial charge in [0.25, 0.3) is 0 Å². The average Bonchev–Trinajstić information content (AvgIpc) is 3.22. The van der Waals surface area contributed by atoms with Gasteiger partial charge in [0.1, 0.15) is 0 Å². The zero-order chi connectivity index (χ0) is 18.4. The lowest BCUT2D eigenvalue weighted by Crippen LogP contribution is -2.50. The summed E-state index contributed by atoms with van der Waals surface area (Å²) in [7, 11) is 1.81. The van der Waals surface area contributed by atoms with Gasteiger partial charge in [0, 0.05) is 38.8 Å². The largest absolute Gasteiger partial charge is 0.388 e. The molecule has 2 aliphatic rings. The Bertz CT molecular complexity index is 552. The van der Waals surface area contributed by atoms with Gasteiger partial charge < -0.3 is 20.2 Å². The summed E-state index contributed by atoms with van der Waals surface area (Å²) in [6.45, 7) is 2.75. The lowest BCUT2D eigenvalue weighted by Gasteiger charge is -2.36. The molecule has 1 aliphatic carbocycles. The first-order valence-corrected chi connectivity index (χ1v) is 10.1. The Kier molecular flexibility index (Phi) is 6.92. The molecule has 144 valence electrons. The van der Waals surface area contributed by atoms with Crippen molar-refractivity contribution in [2.45, 2.75) is 63.1 Å². The Morgan fingerprint density at radius 1 is 1.19 bits per heavy atom. The third-order valence-corrected chi connectivity index (χ3v) is 5.97. The number of likely N-dealkylation sites (tertiary alicyclic amines) is 1. The summed E-state index contributed by atoms with van der Waals surface area (Å²) in [6.07, 6.45) is 7.56. The molecule has 2 amide bonds. The molecule has 2 N–H and O–H groups in total. The Labute approximate surface area is 157 Å². The van der Waals surface area contributed by atoms with E-state index in [2.05, 4.69) is 10.2 Å². The van der Waals surface area contributed by atoms with Crippen LogP contribution in [-0.2, 0) is 0 Å². The normalized spacial score (nSPS) is 20.8. The fourth-order valence-electron chi connectivity index (χ4n) is 4.22. The number of carbonyl (C=O) groups excluding carboxylic acids is 1. The van der Waals surface area contributed by atoms with Gasteiger partial charge in [0.2, 0.25) is 0 Å². The van der Waals surface area contributed by atoms with Crippen LogP contribution in [-0.4, -0.2) is 59.7 Å². The summed E-state index contributed by atoms with van der Waals surface area (Å²) in [5.74, 6) is 0. The molecule has 0 radical (unpaired) electrons. The highest BCUT2D eigenvalue weighted by Gasteiger charge is 2.28. The molecule has 1 unspecified atom stereocenters. The maximum atomic E-state index is 12.4. The molecule has 1 aromatic carbocycles. The number of aliphatic hydroxyl groups is 1. The van der Waals surface area contributed by atoms with E-state index in [1.165, 1.54) is 25.7 Å². The molecule has 3 rings (SSSR count).